The molecule has 0 aliphatic rings. The molecule has 0 aliphatic heterocycles. The number of nitrogens with zero attached hydrogens (tertiary/aromatic N) is 2. The van der Waals surface area contributed by atoms with Gasteiger partial charge in [0.15, 0.2) is 0 Å². The minimum Gasteiger partial charge on any atom is -0.494 e. The van der Waals surface area contributed by atoms with Gasteiger partial charge in [0.2, 0.25) is 11.8 Å². The number of benzene rings is 3. The Balaban J connectivity index is 2.07. The van der Waals surface area contributed by atoms with Crippen molar-refractivity contribution in [3.8, 4) is 5.75 Å². The molecule has 10 heteroatoms. The molecule has 1 N–H and O–H groups in total. The van der Waals surface area contributed by atoms with E-state index in [0.717, 1.165) is 9.87 Å². The maximum atomic E-state index is 14.2. The molecule has 0 saturated heterocycles. The van der Waals surface area contributed by atoms with Crippen LogP contribution in [0.1, 0.15) is 52.2 Å². The lowest BCUT2D eigenvalue weighted by atomic mass is 10.1. The summed E-state index contributed by atoms with van der Waals surface area (Å²) in [6, 6.07) is 19.2. The standard InChI is InChI=1S/C32H40ClN3O5S/c1-7-29(31(38)34-32(4,5)6)35(21-24-11-9-10-12-28(24)33)30(37)22-36(25-15-13-23(3)14-16-25)42(39,40)27-19-17-26(18-20-27)41-8-2/h9-20,29H,7-8,21-22H2,1-6H3,(H,34,38)/t29-/m1/s1. The van der Waals surface area contributed by atoms with Crippen molar-refractivity contribution >= 4 is 39.1 Å². The number of ether oxygens (including phenoxy) is 1. The minimum atomic E-state index is -4.19. The zero-order chi connectivity index (χ0) is 31.1. The summed E-state index contributed by atoms with van der Waals surface area (Å²) in [7, 11) is -4.19. The maximum absolute atomic E-state index is 14.2. The van der Waals surface area contributed by atoms with Crippen LogP contribution in [0.15, 0.2) is 77.7 Å². The summed E-state index contributed by atoms with van der Waals surface area (Å²) in [4.78, 5) is 29.0. The van der Waals surface area contributed by atoms with Crippen LogP contribution >= 0.6 is 11.6 Å². The molecule has 1 atom stereocenters. The van der Waals surface area contributed by atoms with Gasteiger partial charge in [0, 0.05) is 17.1 Å². The monoisotopic (exact) mass is 613 g/mol. The number of nitrogens with one attached hydrogen (secondary N) is 1. The van der Waals surface area contributed by atoms with E-state index in [2.05, 4.69) is 5.32 Å². The molecule has 0 aromatic heterocycles. The molecule has 3 aromatic rings. The number of hydrogen-bond acceptors (Lipinski definition) is 5. The fraction of sp³-hybridized carbons (Fsp3) is 0.375. The lowest BCUT2D eigenvalue weighted by molar-refractivity contribution is -0.141. The predicted octanol–water partition coefficient (Wildman–Crippen LogP) is 5.96. The van der Waals surface area contributed by atoms with Crippen LogP contribution in [0.2, 0.25) is 5.02 Å². The Hall–Kier alpha value is -3.56. The molecule has 226 valence electrons. The fourth-order valence-corrected chi connectivity index (χ4v) is 6.03. The number of rotatable bonds is 12. The van der Waals surface area contributed by atoms with Crippen molar-refractivity contribution < 1.29 is 22.7 Å². The van der Waals surface area contributed by atoms with Gasteiger partial charge in [-0.25, -0.2) is 8.42 Å². The second-order valence-electron chi connectivity index (χ2n) is 11.0. The first-order chi connectivity index (χ1) is 19.8. The van der Waals surface area contributed by atoms with Gasteiger partial charge >= 0.3 is 0 Å². The van der Waals surface area contributed by atoms with Gasteiger partial charge in [-0.3, -0.25) is 13.9 Å². The van der Waals surface area contributed by atoms with E-state index >= 15 is 0 Å². The van der Waals surface area contributed by atoms with Gasteiger partial charge < -0.3 is 15.0 Å². The second kappa shape index (κ2) is 14.1. The van der Waals surface area contributed by atoms with Crippen molar-refractivity contribution in [3.05, 3.63) is 88.9 Å². The summed E-state index contributed by atoms with van der Waals surface area (Å²) in [5.74, 6) is -0.335. The number of carbonyl (C=O) groups is 2. The second-order valence-corrected chi connectivity index (χ2v) is 13.3. The van der Waals surface area contributed by atoms with E-state index < -0.39 is 34.1 Å². The average molecular weight is 614 g/mol. The Labute approximate surface area is 254 Å². The number of carbonyl (C=O) groups excluding carboxylic acids is 2. The Morgan fingerprint density at radius 1 is 0.952 bits per heavy atom. The quantitative estimate of drug-likeness (QED) is 0.272. The summed E-state index contributed by atoms with van der Waals surface area (Å²) in [5, 5.41) is 3.40. The van der Waals surface area contributed by atoms with E-state index in [4.69, 9.17) is 16.3 Å². The van der Waals surface area contributed by atoms with Crippen molar-refractivity contribution in [1.29, 1.82) is 0 Å². The molecule has 0 fully saturated rings. The maximum Gasteiger partial charge on any atom is 0.264 e. The molecular weight excluding hydrogens is 574 g/mol. The highest BCUT2D eigenvalue weighted by molar-refractivity contribution is 7.92. The highest BCUT2D eigenvalue weighted by atomic mass is 35.5. The average Bonchev–Trinajstić information content (AvgIpc) is 2.92. The van der Waals surface area contributed by atoms with E-state index in [1.165, 1.54) is 17.0 Å². The molecule has 3 aromatic carbocycles. The first kappa shape index (κ1) is 32.9. The molecule has 0 unspecified atom stereocenters. The Bertz CT molecular complexity index is 1470. The smallest absolute Gasteiger partial charge is 0.264 e. The van der Waals surface area contributed by atoms with Crippen molar-refractivity contribution in [1.82, 2.24) is 10.2 Å². The van der Waals surface area contributed by atoms with Crippen LogP contribution < -0.4 is 14.4 Å². The zero-order valence-corrected chi connectivity index (χ0v) is 26.6. The molecule has 3 rings (SSSR count). The highest BCUT2D eigenvalue weighted by Crippen LogP contribution is 2.27. The van der Waals surface area contributed by atoms with Gasteiger partial charge in [-0.1, -0.05) is 54.4 Å². The van der Waals surface area contributed by atoms with Crippen LogP contribution in [0.25, 0.3) is 0 Å². The van der Waals surface area contributed by atoms with Crippen LogP contribution in [0.4, 0.5) is 5.69 Å². The van der Waals surface area contributed by atoms with Gasteiger partial charge in [-0.15, -0.1) is 0 Å². The molecule has 42 heavy (non-hydrogen) atoms. The number of sulfonamides is 1. The van der Waals surface area contributed by atoms with E-state index in [9.17, 15) is 18.0 Å². The Morgan fingerprint density at radius 2 is 1.57 bits per heavy atom. The van der Waals surface area contributed by atoms with Crippen molar-refractivity contribution in [2.45, 2.75) is 71.0 Å². The molecule has 0 radical (unpaired) electrons. The third-order valence-electron chi connectivity index (χ3n) is 6.51. The van der Waals surface area contributed by atoms with Crippen LogP contribution in [0.5, 0.6) is 5.75 Å². The van der Waals surface area contributed by atoms with E-state index in [1.54, 1.807) is 60.7 Å². The molecule has 8 nitrogen and oxygen atoms in total. The third-order valence-corrected chi connectivity index (χ3v) is 8.66. The SMILES string of the molecule is CCOc1ccc(S(=O)(=O)N(CC(=O)N(Cc2ccccc2Cl)[C@H](CC)C(=O)NC(C)(C)C)c2ccc(C)cc2)cc1. The zero-order valence-electron chi connectivity index (χ0n) is 25.1. The van der Waals surface area contributed by atoms with Crippen LogP contribution in [0, 0.1) is 6.92 Å². The summed E-state index contributed by atoms with van der Waals surface area (Å²) in [6.45, 7) is 11.1. The first-order valence-electron chi connectivity index (χ1n) is 13.9. The predicted molar refractivity (Wildman–Crippen MR) is 167 cm³/mol. The molecule has 0 saturated carbocycles. The number of amides is 2. The van der Waals surface area contributed by atoms with Crippen LogP contribution in [0.3, 0.4) is 0 Å². The lowest BCUT2D eigenvalue weighted by Crippen LogP contribution is -2.55. The third kappa shape index (κ3) is 8.49. The van der Waals surface area contributed by atoms with Crippen LogP contribution in [-0.2, 0) is 26.2 Å². The van der Waals surface area contributed by atoms with Crippen molar-refractivity contribution in [2.75, 3.05) is 17.5 Å². The molecule has 0 heterocycles. The van der Waals surface area contributed by atoms with E-state index in [1.807, 2.05) is 41.5 Å². The van der Waals surface area contributed by atoms with E-state index in [0.29, 0.717) is 35.1 Å². The van der Waals surface area contributed by atoms with Gasteiger partial charge in [0.1, 0.15) is 18.3 Å². The summed E-state index contributed by atoms with van der Waals surface area (Å²) in [5.41, 5.74) is 1.38. The van der Waals surface area contributed by atoms with Gasteiger partial charge in [0.25, 0.3) is 10.0 Å². The summed E-state index contributed by atoms with van der Waals surface area (Å²) in [6.07, 6.45) is 0.314. The molecule has 2 amide bonds. The molecule has 0 spiro atoms. The van der Waals surface area contributed by atoms with Gasteiger partial charge in [0.05, 0.1) is 17.2 Å². The fourth-order valence-electron chi connectivity index (χ4n) is 4.42. The number of hydrogen-bond donors (Lipinski definition) is 1. The summed E-state index contributed by atoms with van der Waals surface area (Å²) >= 11 is 6.46. The molecule has 0 aliphatic carbocycles. The van der Waals surface area contributed by atoms with Crippen molar-refractivity contribution in [3.63, 3.8) is 0 Å². The minimum absolute atomic E-state index is 0.00880. The largest absolute Gasteiger partial charge is 0.494 e. The number of aryl methyl sites for hydroxylation is 1. The number of halogens is 1. The Morgan fingerprint density at radius 3 is 2.12 bits per heavy atom. The lowest BCUT2D eigenvalue weighted by Gasteiger charge is -2.35. The van der Waals surface area contributed by atoms with Crippen molar-refractivity contribution in [2.24, 2.45) is 0 Å². The summed E-state index contributed by atoms with van der Waals surface area (Å²) < 4.78 is 34.6. The van der Waals surface area contributed by atoms with Gasteiger partial charge in [-0.2, -0.15) is 0 Å². The highest BCUT2D eigenvalue weighted by Gasteiger charge is 2.34. The van der Waals surface area contributed by atoms with E-state index in [-0.39, 0.29) is 17.3 Å². The topological polar surface area (TPSA) is 96.0 Å². The first-order valence-corrected chi connectivity index (χ1v) is 15.8. The van der Waals surface area contributed by atoms with Gasteiger partial charge in [-0.05, 0) is 89.1 Å². The van der Waals surface area contributed by atoms with Crippen LogP contribution in [-0.4, -0.2) is 49.9 Å². The Kier molecular flexibility index (Phi) is 11.0. The normalized spacial score (nSPS) is 12.4. The molecule has 0 bridgehead atoms. The molecular formula is C32H40ClN3O5S. The number of anilines is 1.